The van der Waals surface area contributed by atoms with Gasteiger partial charge in [0.25, 0.3) is 0 Å². The quantitative estimate of drug-likeness (QED) is 0.529. The topological polar surface area (TPSA) is 9.34 Å². The number of fused-ring (bicyclic) bond motifs is 3. The largest absolute Gasteiger partial charge is 0.324 e. The van der Waals surface area contributed by atoms with Crippen LogP contribution in [0.25, 0.3) is 15.9 Å². The second-order valence-corrected chi connectivity index (χ2v) is 4.52. The molecule has 14 heavy (non-hydrogen) atoms. The Morgan fingerprint density at radius 2 is 2.14 bits per heavy atom. The first-order valence-electron chi connectivity index (χ1n) is 4.32. The molecule has 0 N–H and O–H groups in total. The third-order valence-electron chi connectivity index (χ3n) is 2.46. The van der Waals surface area contributed by atoms with Crippen LogP contribution in [0.5, 0.6) is 0 Å². The lowest BCUT2D eigenvalue weighted by atomic mass is 10.4. The summed E-state index contributed by atoms with van der Waals surface area (Å²) in [5.74, 6) is 0. The molecule has 2 nitrogen and oxygen atoms in total. The SMILES string of the molecule is Cn1c(=S)c2cccn2c2ccsc21. The van der Waals surface area contributed by atoms with Crippen LogP contribution in [-0.4, -0.2) is 8.97 Å². The Morgan fingerprint density at radius 3 is 3.00 bits per heavy atom. The fraction of sp³-hybridized carbons (Fsp3) is 0.100. The minimum atomic E-state index is 0.893. The van der Waals surface area contributed by atoms with Crippen LogP contribution in [0.3, 0.4) is 0 Å². The Hall–Kier alpha value is -1.13. The van der Waals surface area contributed by atoms with Crippen LogP contribution in [0.15, 0.2) is 29.8 Å². The van der Waals surface area contributed by atoms with Crippen LogP contribution in [-0.2, 0) is 7.05 Å². The molecule has 3 heterocycles. The van der Waals surface area contributed by atoms with Gasteiger partial charge in [-0.1, -0.05) is 12.2 Å². The molecule has 3 rings (SSSR count). The molecule has 0 amide bonds. The Kier molecular flexibility index (Phi) is 1.57. The average molecular weight is 220 g/mol. The molecule has 3 aromatic rings. The molecule has 0 aromatic carbocycles. The van der Waals surface area contributed by atoms with Crippen LogP contribution >= 0.6 is 23.6 Å². The number of thiophene rings is 1. The molecule has 70 valence electrons. The molecule has 0 aliphatic rings. The Labute approximate surface area is 90.0 Å². The van der Waals surface area contributed by atoms with Gasteiger partial charge in [-0.15, -0.1) is 11.3 Å². The van der Waals surface area contributed by atoms with Crippen LogP contribution in [0.4, 0.5) is 0 Å². The standard InChI is InChI=1S/C10H8N2S2/c1-11-9(13)7-3-2-5-12(7)8-4-6-14-10(8)11/h2-6H,1H3. The van der Waals surface area contributed by atoms with Crippen LogP contribution in [0.2, 0.25) is 0 Å². The molecule has 0 radical (unpaired) electrons. The minimum Gasteiger partial charge on any atom is -0.324 e. The molecule has 0 bridgehead atoms. The number of aryl methyl sites for hydroxylation is 1. The zero-order valence-corrected chi connectivity index (χ0v) is 9.23. The summed E-state index contributed by atoms with van der Waals surface area (Å²) in [6.45, 7) is 0. The maximum absolute atomic E-state index is 5.39. The van der Waals surface area contributed by atoms with Crippen molar-refractivity contribution in [3.63, 3.8) is 0 Å². The molecule has 0 saturated heterocycles. The van der Waals surface area contributed by atoms with Gasteiger partial charge in [-0.2, -0.15) is 0 Å². The van der Waals surface area contributed by atoms with E-state index < -0.39 is 0 Å². The lowest BCUT2D eigenvalue weighted by Crippen LogP contribution is -1.96. The maximum Gasteiger partial charge on any atom is 0.131 e. The summed E-state index contributed by atoms with van der Waals surface area (Å²) < 4.78 is 5.11. The number of hydrogen-bond donors (Lipinski definition) is 0. The van der Waals surface area contributed by atoms with Crippen molar-refractivity contribution in [2.45, 2.75) is 0 Å². The van der Waals surface area contributed by atoms with E-state index in [1.165, 1.54) is 10.3 Å². The normalized spacial score (nSPS) is 11.5. The van der Waals surface area contributed by atoms with Crippen molar-refractivity contribution in [1.29, 1.82) is 0 Å². The van der Waals surface area contributed by atoms with Gasteiger partial charge >= 0.3 is 0 Å². The van der Waals surface area contributed by atoms with Gasteiger partial charge in [0.1, 0.15) is 9.47 Å². The highest BCUT2D eigenvalue weighted by Gasteiger charge is 2.05. The summed E-state index contributed by atoms with van der Waals surface area (Å²) >= 11 is 7.11. The van der Waals surface area contributed by atoms with Crippen molar-refractivity contribution in [2.75, 3.05) is 0 Å². The molecule has 0 saturated carbocycles. The molecule has 0 atom stereocenters. The van der Waals surface area contributed by atoms with E-state index in [-0.39, 0.29) is 0 Å². The van der Waals surface area contributed by atoms with E-state index in [4.69, 9.17) is 12.2 Å². The van der Waals surface area contributed by atoms with Gasteiger partial charge in [0.05, 0.1) is 11.0 Å². The van der Waals surface area contributed by atoms with Crippen molar-refractivity contribution >= 4 is 39.4 Å². The average Bonchev–Trinajstić information content (AvgIpc) is 2.80. The molecular weight excluding hydrogens is 212 g/mol. The summed E-state index contributed by atoms with van der Waals surface area (Å²) in [4.78, 5) is 1.22. The monoisotopic (exact) mass is 220 g/mol. The van der Waals surface area contributed by atoms with E-state index in [1.54, 1.807) is 11.3 Å². The third kappa shape index (κ3) is 0.871. The Balaban J connectivity index is 2.81. The first-order valence-corrected chi connectivity index (χ1v) is 5.61. The highest BCUT2D eigenvalue weighted by Crippen LogP contribution is 2.23. The Morgan fingerprint density at radius 1 is 1.29 bits per heavy atom. The van der Waals surface area contributed by atoms with E-state index in [0.717, 1.165) is 10.2 Å². The molecule has 0 spiro atoms. The number of rotatable bonds is 0. The number of nitrogens with zero attached hydrogens (tertiary/aromatic N) is 2. The molecule has 3 aromatic heterocycles. The van der Waals surface area contributed by atoms with Crippen molar-refractivity contribution in [1.82, 2.24) is 8.97 Å². The smallest absolute Gasteiger partial charge is 0.131 e. The molecule has 0 aliphatic heterocycles. The predicted octanol–water partition coefficient (Wildman–Crippen LogP) is 3.22. The lowest BCUT2D eigenvalue weighted by Gasteiger charge is -2.04. The summed E-state index contributed by atoms with van der Waals surface area (Å²) in [5, 5.41) is 2.10. The summed E-state index contributed by atoms with van der Waals surface area (Å²) in [7, 11) is 2.02. The van der Waals surface area contributed by atoms with E-state index in [9.17, 15) is 0 Å². The first kappa shape index (κ1) is 8.20. The third-order valence-corrected chi connectivity index (χ3v) is 3.92. The fourth-order valence-electron chi connectivity index (χ4n) is 1.76. The summed E-state index contributed by atoms with van der Waals surface area (Å²) in [5.41, 5.74) is 2.33. The van der Waals surface area contributed by atoms with Gasteiger partial charge < -0.3 is 8.97 Å². The van der Waals surface area contributed by atoms with E-state index >= 15 is 0 Å². The van der Waals surface area contributed by atoms with Crippen molar-refractivity contribution in [3.05, 3.63) is 34.4 Å². The number of aromatic nitrogens is 2. The molecule has 0 unspecified atom stereocenters. The maximum atomic E-state index is 5.39. The summed E-state index contributed by atoms with van der Waals surface area (Å²) in [6.07, 6.45) is 2.06. The predicted molar refractivity (Wildman–Crippen MR) is 62.6 cm³/mol. The van der Waals surface area contributed by atoms with Crippen LogP contribution in [0.1, 0.15) is 0 Å². The Bertz CT molecular complexity index is 672. The van der Waals surface area contributed by atoms with Crippen LogP contribution in [0, 0.1) is 4.64 Å². The molecule has 0 aliphatic carbocycles. The molecule has 0 fully saturated rings. The van der Waals surface area contributed by atoms with Crippen molar-refractivity contribution in [3.8, 4) is 0 Å². The second kappa shape index (κ2) is 2.68. The molecular formula is C10H8N2S2. The van der Waals surface area contributed by atoms with E-state index in [1.807, 2.05) is 13.1 Å². The zero-order chi connectivity index (χ0) is 9.71. The summed E-state index contributed by atoms with van der Waals surface area (Å²) in [6, 6.07) is 6.21. The van der Waals surface area contributed by atoms with Gasteiger partial charge in [-0.3, -0.25) is 0 Å². The second-order valence-electron chi connectivity index (χ2n) is 3.24. The van der Waals surface area contributed by atoms with Gasteiger partial charge in [-0.05, 0) is 23.6 Å². The zero-order valence-electron chi connectivity index (χ0n) is 7.60. The number of hydrogen-bond acceptors (Lipinski definition) is 2. The van der Waals surface area contributed by atoms with Gasteiger partial charge in [0.2, 0.25) is 0 Å². The van der Waals surface area contributed by atoms with Crippen LogP contribution < -0.4 is 0 Å². The highest BCUT2D eigenvalue weighted by atomic mass is 32.1. The fourth-order valence-corrected chi connectivity index (χ4v) is 2.94. The van der Waals surface area contributed by atoms with Gasteiger partial charge in [0.15, 0.2) is 0 Å². The highest BCUT2D eigenvalue weighted by molar-refractivity contribution is 7.71. The molecule has 4 heteroatoms. The lowest BCUT2D eigenvalue weighted by molar-refractivity contribution is 0.939. The van der Waals surface area contributed by atoms with Crippen molar-refractivity contribution in [2.24, 2.45) is 7.05 Å². The van der Waals surface area contributed by atoms with Gasteiger partial charge in [0, 0.05) is 13.2 Å². The minimum absolute atomic E-state index is 0.893. The van der Waals surface area contributed by atoms with Gasteiger partial charge in [-0.25, -0.2) is 0 Å². The first-order chi connectivity index (χ1) is 6.79. The van der Waals surface area contributed by atoms with E-state index in [2.05, 4.69) is 32.7 Å². The van der Waals surface area contributed by atoms with E-state index in [0.29, 0.717) is 0 Å². The van der Waals surface area contributed by atoms with Crippen molar-refractivity contribution < 1.29 is 0 Å².